The van der Waals surface area contributed by atoms with Gasteiger partial charge in [-0.05, 0) is 89.8 Å². The molecule has 0 fully saturated rings. The van der Waals surface area contributed by atoms with E-state index >= 15 is 0 Å². The van der Waals surface area contributed by atoms with Crippen molar-refractivity contribution in [2.24, 2.45) is 0 Å². The zero-order valence-corrected chi connectivity index (χ0v) is 31.0. The molecule has 1 aliphatic carbocycles. The molecule has 0 saturated heterocycles. The Morgan fingerprint density at radius 3 is 2.51 bits per heavy atom. The molecule has 0 unspecified atom stereocenters. The molecular weight excluding hydrogens is 671 g/mol. The lowest BCUT2D eigenvalue weighted by Gasteiger charge is -2.26. The molecule has 266 valence electrons. The topological polar surface area (TPSA) is 34.2 Å². The lowest BCUT2D eigenvalue weighted by atomic mass is 9.97. The van der Waals surface area contributed by atoms with Gasteiger partial charge in [-0.25, -0.2) is 4.98 Å². The van der Waals surface area contributed by atoms with E-state index in [0.717, 1.165) is 80.2 Å². The predicted octanol–water partition coefficient (Wildman–Crippen LogP) is 13.4. The molecule has 55 heavy (non-hydrogen) atoms. The molecule has 1 aliphatic heterocycles. The van der Waals surface area contributed by atoms with E-state index in [0.29, 0.717) is 6.54 Å². The van der Waals surface area contributed by atoms with E-state index in [1.54, 1.807) is 0 Å². The van der Waals surface area contributed by atoms with Gasteiger partial charge < -0.3 is 13.9 Å². The van der Waals surface area contributed by atoms with Crippen LogP contribution in [0.5, 0.6) is 0 Å². The first-order valence-corrected chi connectivity index (χ1v) is 18.9. The maximum Gasteiger partial charge on any atom is 0.135 e. The number of nitrogens with zero attached hydrogens (tertiary/aromatic N) is 3. The van der Waals surface area contributed by atoms with Crippen LogP contribution < -0.4 is 4.90 Å². The number of aryl methyl sites for hydroxylation is 1. The molecule has 2 aliphatic rings. The number of fused-ring (bicyclic) bond motifs is 6. The zero-order chi connectivity index (χ0) is 37.3. The van der Waals surface area contributed by atoms with Gasteiger partial charge in [-0.3, -0.25) is 0 Å². The summed E-state index contributed by atoms with van der Waals surface area (Å²) in [6.07, 6.45) is 23.3. The van der Waals surface area contributed by atoms with Gasteiger partial charge in [-0.1, -0.05) is 135 Å². The maximum atomic E-state index is 6.23. The summed E-state index contributed by atoms with van der Waals surface area (Å²) in [6, 6.07) is 38.2. The van der Waals surface area contributed by atoms with Crippen LogP contribution in [0.15, 0.2) is 181 Å². The van der Waals surface area contributed by atoms with Crippen molar-refractivity contribution in [3.05, 3.63) is 205 Å². The third-order valence-corrected chi connectivity index (χ3v) is 10.5. The fraction of sp³-hybridized carbons (Fsp3) is 0.0784. The number of hydrogen-bond acceptors (Lipinski definition) is 3. The minimum Gasteiger partial charge on any atom is -0.456 e. The van der Waals surface area contributed by atoms with Crippen molar-refractivity contribution < 1.29 is 4.42 Å². The van der Waals surface area contributed by atoms with Gasteiger partial charge in [0.15, 0.2) is 0 Å². The van der Waals surface area contributed by atoms with Gasteiger partial charge in [0.1, 0.15) is 17.2 Å². The second-order valence-corrected chi connectivity index (χ2v) is 13.9. The molecule has 4 aromatic carbocycles. The van der Waals surface area contributed by atoms with Gasteiger partial charge >= 0.3 is 0 Å². The predicted molar refractivity (Wildman–Crippen MR) is 234 cm³/mol. The molecule has 0 N–H and O–H groups in total. The number of benzene rings is 4. The first-order chi connectivity index (χ1) is 27.1. The van der Waals surface area contributed by atoms with E-state index in [2.05, 4.69) is 169 Å². The SMILES string of the molecule is C=C(/C=C\c1oc2ccccc2c1CC)c1cccc(N2C/C=C\C=C/C(=C)c3c2ccc2c3c3ccccc3n2C2=CCC=CC(c3ccccc3)=C2)n1. The molecule has 9 rings (SSSR count). The summed E-state index contributed by atoms with van der Waals surface area (Å²) in [5.74, 6) is 1.69. The number of aromatic nitrogens is 2. The molecule has 0 bridgehead atoms. The summed E-state index contributed by atoms with van der Waals surface area (Å²) in [5, 5.41) is 3.50. The van der Waals surface area contributed by atoms with Crippen molar-refractivity contribution >= 4 is 72.8 Å². The van der Waals surface area contributed by atoms with Crippen molar-refractivity contribution in [1.29, 1.82) is 0 Å². The Morgan fingerprint density at radius 1 is 0.818 bits per heavy atom. The Balaban J connectivity index is 1.16. The lowest BCUT2D eigenvalue weighted by Crippen LogP contribution is -2.20. The van der Waals surface area contributed by atoms with E-state index < -0.39 is 0 Å². The van der Waals surface area contributed by atoms with Crippen LogP contribution in [0.1, 0.15) is 41.5 Å². The molecule has 3 aromatic heterocycles. The standard InChI is InChI=1S/C51H41N3O/c1-4-40-41-23-13-15-27-47(41)55-48(40)32-29-35(2)43-25-17-28-49(52-43)53-33-16-6-7-18-36(3)50-45(53)30-31-46-51(50)42-24-12-14-26-44(42)54(46)39-22-11-10-21-38(34-39)37-19-8-5-9-20-37/h5-10,12-32,34H,2-4,11,33H2,1H3/b16-6-,18-7-,32-29-. The molecule has 0 spiro atoms. The van der Waals surface area contributed by atoms with Gasteiger partial charge in [0.25, 0.3) is 0 Å². The van der Waals surface area contributed by atoms with Gasteiger partial charge in [-0.2, -0.15) is 0 Å². The average molecular weight is 712 g/mol. The van der Waals surface area contributed by atoms with Crippen LogP contribution in [0.4, 0.5) is 11.5 Å². The van der Waals surface area contributed by atoms with Crippen molar-refractivity contribution in [1.82, 2.24) is 9.55 Å². The van der Waals surface area contributed by atoms with Crippen molar-refractivity contribution in [2.75, 3.05) is 11.4 Å². The number of pyridine rings is 1. The summed E-state index contributed by atoms with van der Waals surface area (Å²) in [6.45, 7) is 11.9. The highest BCUT2D eigenvalue weighted by Crippen LogP contribution is 2.44. The zero-order valence-electron chi connectivity index (χ0n) is 31.0. The van der Waals surface area contributed by atoms with Crippen LogP contribution in [0.2, 0.25) is 0 Å². The molecule has 0 amide bonds. The fourth-order valence-corrected chi connectivity index (χ4v) is 7.94. The van der Waals surface area contributed by atoms with Gasteiger partial charge in [-0.15, -0.1) is 0 Å². The summed E-state index contributed by atoms with van der Waals surface area (Å²) in [4.78, 5) is 7.51. The average Bonchev–Trinajstić information content (AvgIpc) is 3.67. The normalized spacial score (nSPS) is 15.7. The van der Waals surface area contributed by atoms with Gasteiger partial charge in [0, 0.05) is 39.5 Å². The Hall–Kier alpha value is -6.91. The van der Waals surface area contributed by atoms with Crippen molar-refractivity contribution in [2.45, 2.75) is 19.8 Å². The molecular formula is C51H41N3O. The highest BCUT2D eigenvalue weighted by molar-refractivity contribution is 6.17. The molecule has 0 radical (unpaired) electrons. The monoisotopic (exact) mass is 711 g/mol. The Morgan fingerprint density at radius 2 is 1.64 bits per heavy atom. The number of rotatable bonds is 7. The summed E-state index contributed by atoms with van der Waals surface area (Å²) in [7, 11) is 0. The Bertz CT molecular complexity index is 2830. The molecule has 0 saturated carbocycles. The van der Waals surface area contributed by atoms with E-state index in [1.807, 2.05) is 30.4 Å². The Kier molecular flexibility index (Phi) is 8.93. The first-order valence-electron chi connectivity index (χ1n) is 18.9. The highest BCUT2D eigenvalue weighted by Gasteiger charge is 2.24. The second-order valence-electron chi connectivity index (χ2n) is 13.9. The highest BCUT2D eigenvalue weighted by atomic mass is 16.3. The fourth-order valence-electron chi connectivity index (χ4n) is 7.94. The van der Waals surface area contributed by atoms with Crippen LogP contribution in [-0.4, -0.2) is 16.1 Å². The molecule has 0 atom stereocenters. The number of furan rings is 1. The third kappa shape index (κ3) is 6.22. The third-order valence-electron chi connectivity index (χ3n) is 10.5. The molecule has 7 aromatic rings. The smallest absolute Gasteiger partial charge is 0.135 e. The van der Waals surface area contributed by atoms with E-state index in [-0.39, 0.29) is 0 Å². The van der Waals surface area contributed by atoms with Gasteiger partial charge in [0.2, 0.25) is 0 Å². The van der Waals surface area contributed by atoms with E-state index in [4.69, 9.17) is 9.40 Å². The van der Waals surface area contributed by atoms with Crippen LogP contribution in [0, 0.1) is 0 Å². The summed E-state index contributed by atoms with van der Waals surface area (Å²) in [5.41, 5.74) is 12.6. The summed E-state index contributed by atoms with van der Waals surface area (Å²) < 4.78 is 8.64. The van der Waals surface area contributed by atoms with Crippen LogP contribution in [-0.2, 0) is 6.42 Å². The lowest BCUT2D eigenvalue weighted by molar-refractivity contribution is 0.599. The molecule has 4 heterocycles. The van der Waals surface area contributed by atoms with Gasteiger partial charge in [0.05, 0.1) is 22.4 Å². The molecule has 4 nitrogen and oxygen atoms in total. The van der Waals surface area contributed by atoms with Crippen LogP contribution in [0.3, 0.4) is 0 Å². The van der Waals surface area contributed by atoms with Crippen LogP contribution >= 0.6 is 0 Å². The number of anilines is 2. The number of allylic oxidation sites excluding steroid dienone is 12. The second kappa shape index (κ2) is 14.5. The summed E-state index contributed by atoms with van der Waals surface area (Å²) >= 11 is 0. The van der Waals surface area contributed by atoms with Crippen LogP contribution in [0.25, 0.3) is 61.3 Å². The first kappa shape index (κ1) is 33.9. The van der Waals surface area contributed by atoms with E-state index in [1.165, 1.54) is 27.5 Å². The largest absolute Gasteiger partial charge is 0.456 e. The number of para-hydroxylation sites is 2. The Labute approximate surface area is 322 Å². The number of hydrogen-bond donors (Lipinski definition) is 0. The minimum atomic E-state index is 0.631. The quantitative estimate of drug-likeness (QED) is 0.154. The maximum absolute atomic E-state index is 6.23. The van der Waals surface area contributed by atoms with Crippen molar-refractivity contribution in [3.8, 4) is 0 Å². The van der Waals surface area contributed by atoms with E-state index in [9.17, 15) is 0 Å². The molecule has 4 heteroatoms. The van der Waals surface area contributed by atoms with Crippen molar-refractivity contribution in [3.63, 3.8) is 0 Å². The minimum absolute atomic E-state index is 0.631.